The molecule has 1 aromatic carbocycles. The highest BCUT2D eigenvalue weighted by molar-refractivity contribution is 7.17. The molecule has 0 unspecified atom stereocenters. The third kappa shape index (κ3) is 5.25. The number of carbonyl (C=O) groups is 3. The van der Waals surface area contributed by atoms with Gasteiger partial charge < -0.3 is 20.5 Å². The van der Waals surface area contributed by atoms with E-state index in [1.807, 2.05) is 31.2 Å². The van der Waals surface area contributed by atoms with Gasteiger partial charge in [-0.3, -0.25) is 9.59 Å². The molecular formula is C22H26N2O5S. The topological polar surface area (TPSA) is 105 Å². The first-order valence-corrected chi connectivity index (χ1v) is 10.8. The van der Waals surface area contributed by atoms with Gasteiger partial charge >= 0.3 is 5.97 Å². The van der Waals surface area contributed by atoms with Crippen LogP contribution in [0, 0.1) is 12.8 Å². The number of aryl methyl sites for hydroxylation is 1. The standard InChI is InChI=1S/C22H26N2O5S/c1-3-14-8-9-15-17(10-14)30-22(24-18(25)11-29-12-19(26)27)20(15)21(28)23-16-7-5-4-6-13(16)2/h4-7,14H,3,8-12H2,1-2H3,(H,23,28)(H,24,25)(H,26,27)/t14-/m0/s1. The van der Waals surface area contributed by atoms with Crippen LogP contribution in [0.3, 0.4) is 0 Å². The molecule has 0 fully saturated rings. The van der Waals surface area contributed by atoms with E-state index < -0.39 is 18.5 Å². The fraction of sp³-hybridized carbons (Fsp3) is 0.409. The van der Waals surface area contributed by atoms with E-state index in [2.05, 4.69) is 17.6 Å². The summed E-state index contributed by atoms with van der Waals surface area (Å²) in [6.45, 7) is 3.16. The van der Waals surface area contributed by atoms with Gasteiger partial charge in [-0.2, -0.15) is 0 Å². The number of hydrogen-bond acceptors (Lipinski definition) is 5. The van der Waals surface area contributed by atoms with Crippen LogP contribution in [-0.4, -0.2) is 36.1 Å². The minimum Gasteiger partial charge on any atom is -0.480 e. The zero-order valence-electron chi connectivity index (χ0n) is 17.1. The zero-order valence-corrected chi connectivity index (χ0v) is 17.9. The lowest BCUT2D eigenvalue weighted by atomic mass is 9.85. The maximum Gasteiger partial charge on any atom is 0.329 e. The summed E-state index contributed by atoms with van der Waals surface area (Å²) >= 11 is 1.43. The van der Waals surface area contributed by atoms with Crippen LogP contribution in [0.15, 0.2) is 24.3 Å². The molecular weight excluding hydrogens is 404 g/mol. The first-order chi connectivity index (χ1) is 14.4. The highest BCUT2D eigenvalue weighted by atomic mass is 32.1. The van der Waals surface area contributed by atoms with Gasteiger partial charge in [-0.05, 0) is 49.3 Å². The minimum atomic E-state index is -1.14. The number of fused-ring (bicyclic) bond motifs is 1. The largest absolute Gasteiger partial charge is 0.480 e. The van der Waals surface area contributed by atoms with E-state index in [1.165, 1.54) is 11.3 Å². The Bertz CT molecular complexity index is 953. The Morgan fingerprint density at radius 1 is 1.20 bits per heavy atom. The van der Waals surface area contributed by atoms with Crippen LogP contribution in [0.2, 0.25) is 0 Å². The van der Waals surface area contributed by atoms with Crippen molar-refractivity contribution in [1.29, 1.82) is 0 Å². The van der Waals surface area contributed by atoms with Crippen molar-refractivity contribution in [1.82, 2.24) is 0 Å². The minimum absolute atomic E-state index is 0.251. The van der Waals surface area contributed by atoms with E-state index >= 15 is 0 Å². The number of carboxylic acid groups (broad SMARTS) is 1. The molecule has 1 aliphatic carbocycles. The molecule has 8 heteroatoms. The van der Waals surface area contributed by atoms with E-state index in [0.29, 0.717) is 16.5 Å². The van der Waals surface area contributed by atoms with Crippen molar-refractivity contribution < 1.29 is 24.2 Å². The summed E-state index contributed by atoms with van der Waals surface area (Å²) in [6.07, 6.45) is 3.78. The predicted molar refractivity (Wildman–Crippen MR) is 116 cm³/mol. The van der Waals surface area contributed by atoms with E-state index in [1.54, 1.807) is 0 Å². The summed E-state index contributed by atoms with van der Waals surface area (Å²) in [4.78, 5) is 37.1. The highest BCUT2D eigenvalue weighted by Gasteiger charge is 2.29. The highest BCUT2D eigenvalue weighted by Crippen LogP contribution is 2.40. The number of amides is 2. The second-order valence-corrected chi connectivity index (χ2v) is 8.53. The van der Waals surface area contributed by atoms with Crippen LogP contribution < -0.4 is 10.6 Å². The van der Waals surface area contributed by atoms with Gasteiger partial charge in [-0.1, -0.05) is 31.5 Å². The number of thiophene rings is 1. The van der Waals surface area contributed by atoms with Gasteiger partial charge in [0.15, 0.2) is 0 Å². The number of rotatable bonds is 8. The van der Waals surface area contributed by atoms with Gasteiger partial charge in [0.1, 0.15) is 18.2 Å². The summed E-state index contributed by atoms with van der Waals surface area (Å²) in [5, 5.41) is 14.9. The number of nitrogens with one attached hydrogen (secondary N) is 2. The van der Waals surface area contributed by atoms with Crippen LogP contribution in [0.1, 0.15) is 46.1 Å². The van der Waals surface area contributed by atoms with Crippen LogP contribution in [0.4, 0.5) is 10.7 Å². The summed E-state index contributed by atoms with van der Waals surface area (Å²) in [7, 11) is 0. The van der Waals surface area contributed by atoms with Gasteiger partial charge in [0, 0.05) is 10.6 Å². The van der Waals surface area contributed by atoms with Crippen LogP contribution >= 0.6 is 11.3 Å². The average Bonchev–Trinajstić information content (AvgIpc) is 3.06. The Morgan fingerprint density at radius 2 is 1.97 bits per heavy atom. The third-order valence-corrected chi connectivity index (χ3v) is 6.45. The second kappa shape index (κ2) is 9.86. The van der Waals surface area contributed by atoms with Crippen molar-refractivity contribution >= 4 is 39.8 Å². The van der Waals surface area contributed by atoms with E-state index in [4.69, 9.17) is 9.84 Å². The smallest absolute Gasteiger partial charge is 0.329 e. The summed E-state index contributed by atoms with van der Waals surface area (Å²) in [5.74, 6) is -1.30. The number of benzene rings is 1. The number of ether oxygens (including phenoxy) is 1. The maximum absolute atomic E-state index is 13.2. The maximum atomic E-state index is 13.2. The van der Waals surface area contributed by atoms with Crippen molar-refractivity contribution in [2.24, 2.45) is 5.92 Å². The quantitative estimate of drug-likeness (QED) is 0.590. The lowest BCUT2D eigenvalue weighted by Crippen LogP contribution is -2.23. The molecule has 3 rings (SSSR count). The van der Waals surface area contributed by atoms with Crippen LogP contribution in [-0.2, 0) is 27.2 Å². The SMILES string of the molecule is CC[C@H]1CCc2c(sc(NC(=O)COCC(=O)O)c2C(=O)Nc2ccccc2C)C1. The molecule has 0 aliphatic heterocycles. The van der Waals surface area contributed by atoms with Gasteiger partial charge in [-0.15, -0.1) is 11.3 Å². The van der Waals surface area contributed by atoms with E-state index in [0.717, 1.165) is 47.4 Å². The van der Waals surface area contributed by atoms with E-state index in [9.17, 15) is 14.4 Å². The molecule has 2 amide bonds. The van der Waals surface area contributed by atoms with Crippen molar-refractivity contribution in [2.75, 3.05) is 23.8 Å². The fourth-order valence-corrected chi connectivity index (χ4v) is 5.00. The monoisotopic (exact) mass is 430 g/mol. The Morgan fingerprint density at radius 3 is 2.67 bits per heavy atom. The molecule has 2 aromatic rings. The Labute approximate surface area is 179 Å². The molecule has 1 aliphatic rings. The molecule has 0 bridgehead atoms. The molecule has 0 saturated carbocycles. The van der Waals surface area contributed by atoms with E-state index in [-0.39, 0.29) is 12.5 Å². The first-order valence-electron chi connectivity index (χ1n) is 9.99. The van der Waals surface area contributed by atoms with Gasteiger partial charge in [0.25, 0.3) is 11.8 Å². The molecule has 160 valence electrons. The number of aliphatic carboxylic acids is 1. The predicted octanol–water partition coefficient (Wildman–Crippen LogP) is 3.86. The van der Waals surface area contributed by atoms with Gasteiger partial charge in [0.05, 0.1) is 5.56 Å². The zero-order chi connectivity index (χ0) is 21.7. The molecule has 1 atom stereocenters. The number of carbonyl (C=O) groups excluding carboxylic acids is 2. The molecule has 0 spiro atoms. The Kier molecular flexibility index (Phi) is 7.23. The molecule has 1 heterocycles. The average molecular weight is 431 g/mol. The first kappa shape index (κ1) is 22.0. The van der Waals surface area contributed by atoms with Crippen molar-refractivity contribution in [3.8, 4) is 0 Å². The molecule has 3 N–H and O–H groups in total. The summed E-state index contributed by atoms with van der Waals surface area (Å²) in [6, 6.07) is 7.54. The van der Waals surface area contributed by atoms with Gasteiger partial charge in [-0.25, -0.2) is 4.79 Å². The summed E-state index contributed by atoms with van der Waals surface area (Å²) < 4.78 is 4.87. The van der Waals surface area contributed by atoms with Crippen molar-refractivity contribution in [3.05, 3.63) is 45.8 Å². The molecule has 0 saturated heterocycles. The number of carboxylic acids is 1. The number of anilines is 2. The number of hydrogen-bond donors (Lipinski definition) is 3. The van der Waals surface area contributed by atoms with Crippen LogP contribution in [0.5, 0.6) is 0 Å². The third-order valence-electron chi connectivity index (χ3n) is 5.28. The molecule has 1 aromatic heterocycles. The molecule has 0 radical (unpaired) electrons. The molecule has 7 nitrogen and oxygen atoms in total. The Hall–Kier alpha value is -2.71. The van der Waals surface area contributed by atoms with Crippen molar-refractivity contribution in [2.45, 2.75) is 39.5 Å². The summed E-state index contributed by atoms with van der Waals surface area (Å²) in [5.41, 5.74) is 3.18. The lowest BCUT2D eigenvalue weighted by Gasteiger charge is -2.21. The fourth-order valence-electron chi connectivity index (χ4n) is 3.62. The van der Waals surface area contributed by atoms with Gasteiger partial charge in [0.2, 0.25) is 0 Å². The second-order valence-electron chi connectivity index (χ2n) is 7.43. The lowest BCUT2D eigenvalue weighted by molar-refractivity contribution is -0.143. The normalized spacial score (nSPS) is 15.3. The Balaban J connectivity index is 1.85. The molecule has 30 heavy (non-hydrogen) atoms. The number of para-hydroxylation sites is 1. The van der Waals surface area contributed by atoms with Crippen LogP contribution in [0.25, 0.3) is 0 Å². The van der Waals surface area contributed by atoms with Crippen molar-refractivity contribution in [3.63, 3.8) is 0 Å².